The Bertz CT molecular complexity index is 8620. The Morgan fingerprint density at radius 1 is 0.293 bits per heavy atom. The number of carbonyl (C=O) groups is 9. The summed E-state index contributed by atoms with van der Waals surface area (Å²) in [6.07, 6.45) is 25.1. The van der Waals surface area contributed by atoms with Gasteiger partial charge >= 0.3 is 0 Å². The van der Waals surface area contributed by atoms with Crippen LogP contribution in [0.25, 0.3) is 39.1 Å². The van der Waals surface area contributed by atoms with Gasteiger partial charge in [-0.15, -0.1) is 0 Å². The molecule has 0 saturated carbocycles. The molecule has 15 aromatic heterocycles. The molecule has 0 unspecified atom stereocenters. The van der Waals surface area contributed by atoms with Gasteiger partial charge in [0.2, 0.25) is 5.91 Å². The fourth-order valence-corrected chi connectivity index (χ4v) is 17.5. The summed E-state index contributed by atoms with van der Waals surface area (Å²) in [4.78, 5) is 156. The van der Waals surface area contributed by atoms with Crippen LogP contribution < -0.4 is 53.6 Å². The molecule has 20 aromatic rings. The predicted octanol–water partition coefficient (Wildman–Crippen LogP) is 19.9. The van der Waals surface area contributed by atoms with Gasteiger partial charge in [-0.2, -0.15) is 0 Å². The van der Waals surface area contributed by atoms with E-state index >= 15 is 0 Å². The predicted molar refractivity (Wildman–Crippen MR) is 569 cm³/mol. The Hall–Kier alpha value is -17.8. The zero-order valence-corrected chi connectivity index (χ0v) is 83.0. The minimum absolute atomic E-state index is 0.106. The van der Waals surface area contributed by atoms with Crippen molar-refractivity contribution in [1.29, 1.82) is 0 Å². The van der Waals surface area contributed by atoms with Gasteiger partial charge in [0.25, 0.3) is 46.9 Å². The fourth-order valence-electron chi connectivity index (χ4n) is 16.0. The average molecular weight is 2150 g/mol. The number of hydrogen-bond acceptors (Lipinski definition) is 18. The molecule has 0 bridgehead atoms. The summed E-state index contributed by atoms with van der Waals surface area (Å²) in [6, 6.07) is 69.2. The van der Waals surface area contributed by atoms with Crippen molar-refractivity contribution in [2.24, 2.45) is 5.73 Å². The summed E-state index contributed by atoms with van der Waals surface area (Å²) in [5.74, 6) is -8.61. The second kappa shape index (κ2) is 47.6. The van der Waals surface area contributed by atoms with E-state index < -0.39 is 64.3 Å². The summed E-state index contributed by atoms with van der Waals surface area (Å²) in [6.45, 7) is 0. The number of primary amides is 1. The van der Waals surface area contributed by atoms with Crippen LogP contribution >= 0.6 is 81.2 Å². The fraction of sp³-hybridized carbons (Fsp3) is 0.0450. The van der Waals surface area contributed by atoms with Crippen LogP contribution in [-0.2, 0) is 56.1 Å². The average Bonchev–Trinajstić information content (AvgIpc) is 1.64. The molecule has 0 spiro atoms. The molecular formula is C111H76Cl7F3N16O13. The van der Waals surface area contributed by atoms with Crippen molar-refractivity contribution in [3.63, 3.8) is 0 Å². The molecule has 15 heterocycles. The smallest absolute Gasteiger partial charge is 0.296 e. The molecular weight excluding hydrogens is 2070 g/mol. The lowest BCUT2D eigenvalue weighted by Gasteiger charge is -2.07. The molecule has 0 aliphatic heterocycles. The van der Waals surface area contributed by atoms with Gasteiger partial charge < -0.3 is 64.5 Å². The molecule has 0 saturated heterocycles. The van der Waals surface area contributed by atoms with E-state index in [-0.39, 0.29) is 91.5 Å². The van der Waals surface area contributed by atoms with Crippen molar-refractivity contribution in [3.05, 3.63) is 510 Å². The van der Waals surface area contributed by atoms with Crippen LogP contribution in [0.1, 0.15) is 97.7 Å². The number of nitrogens with zero attached hydrogens (tertiary/aromatic N) is 10. The molecule has 0 fully saturated rings. The Kier molecular flexibility index (Phi) is 33.3. The number of hydrogen-bond donors (Lipinski definition) is 8. The van der Waals surface area contributed by atoms with Crippen LogP contribution in [0.2, 0.25) is 35.2 Å². The molecule has 29 nitrogen and oxygen atoms in total. The molecule has 5 aromatic carbocycles. The topological polar surface area (TPSA) is 401 Å². The molecule has 39 heteroatoms. The highest BCUT2D eigenvalue weighted by Crippen LogP contribution is 2.34. The van der Waals surface area contributed by atoms with Crippen LogP contribution in [0.5, 0.6) is 0 Å². The number of amides is 6. The Morgan fingerprint density at radius 3 is 0.873 bits per heavy atom. The quantitative estimate of drug-likeness (QED) is 0.0206. The van der Waals surface area contributed by atoms with Crippen molar-refractivity contribution in [2.75, 3.05) is 26.6 Å². The van der Waals surface area contributed by atoms with Gasteiger partial charge in [-0.1, -0.05) is 160 Å². The Morgan fingerprint density at radius 2 is 0.560 bits per heavy atom. The van der Waals surface area contributed by atoms with Crippen LogP contribution in [0.4, 0.5) is 41.6 Å². The van der Waals surface area contributed by atoms with Gasteiger partial charge in [-0.3, -0.25) is 77.7 Å². The van der Waals surface area contributed by atoms with Gasteiger partial charge in [-0.25, -0.2) is 13.2 Å². The Labute approximate surface area is 882 Å². The molecule has 150 heavy (non-hydrogen) atoms. The first-order valence-corrected chi connectivity index (χ1v) is 47.6. The first-order valence-electron chi connectivity index (χ1n) is 45.0. The van der Waals surface area contributed by atoms with Gasteiger partial charge in [0.15, 0.2) is 22.4 Å². The highest BCUT2D eigenvalue weighted by atomic mass is 35.5. The monoisotopic (exact) mass is 2140 g/mol. The molecule has 20 rings (SSSR count). The third-order valence-electron chi connectivity index (χ3n) is 23.2. The van der Waals surface area contributed by atoms with Gasteiger partial charge in [-0.05, 0) is 179 Å². The molecule has 0 aliphatic carbocycles. The maximum Gasteiger partial charge on any atom is 0.296 e. The van der Waals surface area contributed by atoms with Crippen molar-refractivity contribution in [3.8, 4) is 0 Å². The number of aromatic nitrogens is 10. The van der Waals surface area contributed by atoms with Gasteiger partial charge in [0.05, 0.1) is 91.5 Å². The number of Topliss-reactive ketones (excluding diaryl/α,β-unsaturated/α-hetero) is 3. The van der Waals surface area contributed by atoms with E-state index in [1.807, 2.05) is 92.3 Å². The number of ketones is 3. The summed E-state index contributed by atoms with van der Waals surface area (Å²) < 4.78 is 48.6. The van der Waals surface area contributed by atoms with Crippen molar-refractivity contribution in [1.82, 2.24) is 46.9 Å². The summed E-state index contributed by atoms with van der Waals surface area (Å²) in [5.41, 5.74) is 18.5. The molecule has 0 atom stereocenters. The summed E-state index contributed by atoms with van der Waals surface area (Å²) in [5, 5.41) is 35.7. The normalized spacial score (nSPS) is 11.3. The van der Waals surface area contributed by atoms with Crippen LogP contribution in [0.15, 0.2) is 357 Å². The minimum atomic E-state index is -0.866. The van der Waals surface area contributed by atoms with E-state index in [9.17, 15) is 76.1 Å². The first-order chi connectivity index (χ1) is 72.2. The van der Waals surface area contributed by atoms with E-state index in [0.717, 1.165) is 50.6 Å². The molecule has 748 valence electrons. The number of halogens is 10. The van der Waals surface area contributed by atoms with Crippen LogP contribution in [-0.4, -0.2) is 110 Å². The van der Waals surface area contributed by atoms with E-state index in [1.165, 1.54) is 123 Å². The van der Waals surface area contributed by atoms with Gasteiger partial charge in [0, 0.05) is 210 Å². The van der Waals surface area contributed by atoms with E-state index in [4.69, 9.17) is 86.9 Å². The molecule has 0 radical (unpaired) electrons. The number of benzene rings is 5. The third kappa shape index (κ3) is 25.3. The van der Waals surface area contributed by atoms with Crippen molar-refractivity contribution < 1.29 is 66.5 Å². The number of fused-ring (bicyclic) bond motifs is 5. The lowest BCUT2D eigenvalue weighted by atomic mass is 10.1. The number of nitrogens with two attached hydrogens (primary N) is 1. The van der Waals surface area contributed by atoms with Crippen LogP contribution in [0, 0.1) is 17.5 Å². The largest absolute Gasteiger partial charge is 0.503 e. The number of aliphatic hydroxyl groups is 2. The van der Waals surface area contributed by atoms with E-state index in [0.29, 0.717) is 98.5 Å². The standard InChI is InChI=1S/C23H18N4O3.C22H14Cl3N3O2.C22H14Cl2FN3O3.C22H14Cl2FN3O2.C22H16FN3O3/c24-22(29)16-6-4-15(5-7-16)13-18-14-19(20-3-1-2-12-27(18)20)21(28)23(30)26-17-8-10-25-11-9-17;23-14-6-4-13(5-7-14)9-15-10-16(19-3-1-2-8-28(15)19)21(29)22(30)27-20-17(24)11-26-12-18(20)25;23-17-10-26-11-18(24)20(17)27-22(31)21(30)16-8-14(7-12-1-3-13(25)4-2-12)28-6-5-15(29)9-19(16)28;23-17-11-26-12-18(24)20(17)27-22(30)21(29)16-10-15(28-8-2-1-3-19(16)28)9-13-4-6-14(25)7-5-13;23-15-3-1-14(2-4-15)11-17-12-19(20-13-18(27)7-10-26(17)20)21(28)22(29)25-16-5-8-24-9-6-16/h1-12,14H,13H2,(H2,24,29)(H,25,26,30);1-8,10-12H,9H2,(H,26,27,30);1-6,8-11,30H,7H2,(H,26,27,31);1-8,10-12H,9H2,(H,26,27,30);1-10,12-13,28H,11H2,(H,24,25,29). The summed E-state index contributed by atoms with van der Waals surface area (Å²) >= 11 is 42.1. The minimum Gasteiger partial charge on any atom is -0.503 e. The van der Waals surface area contributed by atoms with Crippen molar-refractivity contribution >= 4 is 202 Å². The van der Waals surface area contributed by atoms with Crippen LogP contribution in [0.3, 0.4) is 0 Å². The number of carbonyl (C=O) groups excluding carboxylic acids is 9. The molecule has 9 N–H and O–H groups in total. The van der Waals surface area contributed by atoms with Crippen molar-refractivity contribution in [2.45, 2.75) is 32.1 Å². The molecule has 0 aliphatic rings. The second-order valence-corrected chi connectivity index (χ2v) is 36.0. The third-order valence-corrected chi connectivity index (χ3v) is 25.1. The lowest BCUT2D eigenvalue weighted by Crippen LogP contribution is -2.23. The van der Waals surface area contributed by atoms with E-state index in [2.05, 4.69) is 51.5 Å². The van der Waals surface area contributed by atoms with E-state index in [1.54, 1.807) is 155 Å². The maximum absolute atomic E-state index is 13.2. The number of rotatable bonds is 24. The SMILES string of the molecule is NC(=O)c1ccc(Cc2cc(C(=O)C(=O)Nc3ccncc3)c3ccccn23)cc1.O=C(Nc1c(Cl)cncc1Cl)C(=O)c1cc(Cc2ccc(Cl)cc2)n2ccccc12.O=C(Nc1c(Cl)cncc1Cl)C(=O)c1cc(Cc2ccc(F)cc2)n2ccccc12.O=C(Nc1c(Cl)cncc1Cl)C(O)=c1cc(Cc2ccc(F)cc2)n2ccc(=O)cc12.O=C(Nc1ccncc1)C(O)=c1cc(Cc2ccc(F)cc2)n2ccc(=O)cc12. The zero-order chi connectivity index (χ0) is 106. The second-order valence-electron chi connectivity index (χ2n) is 33.2. The highest BCUT2D eigenvalue weighted by Gasteiger charge is 2.29. The zero-order valence-electron chi connectivity index (χ0n) is 77.7. The molecule has 6 amide bonds. The number of aliphatic hydroxyl groups excluding tert-OH is 2. The maximum atomic E-state index is 13.2. The Balaban J connectivity index is 0.000000133. The lowest BCUT2D eigenvalue weighted by molar-refractivity contribution is -0.113. The van der Waals surface area contributed by atoms with Gasteiger partial charge in [0.1, 0.15) is 17.5 Å². The number of anilines is 5. The first kappa shape index (κ1) is 105. The summed E-state index contributed by atoms with van der Waals surface area (Å²) in [7, 11) is 0. The highest BCUT2D eigenvalue weighted by molar-refractivity contribution is 6.51. The number of nitrogens with one attached hydrogen (secondary N) is 5. The number of pyridine rings is 10.